The van der Waals surface area contributed by atoms with Gasteiger partial charge in [0, 0.05) is 47.8 Å². The van der Waals surface area contributed by atoms with Gasteiger partial charge in [-0.3, -0.25) is 24.2 Å². The van der Waals surface area contributed by atoms with Gasteiger partial charge in [0.15, 0.2) is 0 Å². The van der Waals surface area contributed by atoms with Crippen molar-refractivity contribution >= 4 is 40.8 Å². The van der Waals surface area contributed by atoms with E-state index < -0.39 is 60.4 Å². The highest BCUT2D eigenvalue weighted by atomic mass is 35.5. The van der Waals surface area contributed by atoms with Crippen LogP contribution in [0.3, 0.4) is 0 Å². The SMILES string of the molecule is N#Cc1ccnc(N2C(=O)CCC[C@H]2C(=O)N(c2cccc(F)c2)[C@H](C(=O)NC2CC(F)(F)C2)c2ccccc2Cl)c1. The van der Waals surface area contributed by atoms with E-state index in [0.29, 0.717) is 6.42 Å². The summed E-state index contributed by atoms with van der Waals surface area (Å²) >= 11 is 6.51. The molecule has 8 nitrogen and oxygen atoms in total. The van der Waals surface area contributed by atoms with Crippen molar-refractivity contribution in [3.8, 4) is 6.07 Å². The van der Waals surface area contributed by atoms with E-state index >= 15 is 0 Å². The molecule has 1 saturated heterocycles. The summed E-state index contributed by atoms with van der Waals surface area (Å²) in [7, 11) is 0. The molecule has 42 heavy (non-hydrogen) atoms. The second-order valence-corrected chi connectivity index (χ2v) is 10.7. The molecule has 1 aromatic heterocycles. The van der Waals surface area contributed by atoms with Gasteiger partial charge in [-0.25, -0.2) is 18.2 Å². The quantitative estimate of drug-likeness (QED) is 0.398. The van der Waals surface area contributed by atoms with Crippen LogP contribution in [0.1, 0.15) is 49.3 Å². The van der Waals surface area contributed by atoms with Crippen LogP contribution in [0.2, 0.25) is 5.02 Å². The van der Waals surface area contributed by atoms with Crippen molar-refractivity contribution in [1.82, 2.24) is 10.3 Å². The molecule has 0 spiro atoms. The fourth-order valence-corrected chi connectivity index (χ4v) is 5.58. The Morgan fingerprint density at radius 2 is 1.90 bits per heavy atom. The minimum atomic E-state index is -2.91. The Kier molecular flexibility index (Phi) is 8.18. The molecule has 0 unspecified atom stereocenters. The second-order valence-electron chi connectivity index (χ2n) is 10.3. The molecule has 2 fully saturated rings. The fraction of sp³-hybridized carbons (Fsp3) is 0.300. The Labute approximate surface area is 244 Å². The number of hydrogen-bond donors (Lipinski definition) is 1. The van der Waals surface area contributed by atoms with Gasteiger partial charge >= 0.3 is 0 Å². The second kappa shape index (κ2) is 11.8. The van der Waals surface area contributed by atoms with E-state index in [0.717, 1.165) is 11.0 Å². The molecule has 1 N–H and O–H groups in total. The van der Waals surface area contributed by atoms with Gasteiger partial charge in [-0.1, -0.05) is 35.9 Å². The number of amides is 3. The lowest BCUT2D eigenvalue weighted by Gasteiger charge is -2.41. The maximum atomic E-state index is 14.6. The molecule has 12 heteroatoms. The van der Waals surface area contributed by atoms with E-state index in [2.05, 4.69) is 10.3 Å². The number of nitrogens with zero attached hydrogens (tertiary/aromatic N) is 4. The van der Waals surface area contributed by atoms with Crippen LogP contribution < -0.4 is 15.1 Å². The smallest absolute Gasteiger partial charge is 0.252 e. The number of halogens is 4. The molecule has 2 heterocycles. The minimum absolute atomic E-state index is 0.00397. The first-order valence-corrected chi connectivity index (χ1v) is 13.7. The number of hydrogen-bond acceptors (Lipinski definition) is 5. The Balaban J connectivity index is 1.62. The molecule has 3 aromatic rings. The van der Waals surface area contributed by atoms with Crippen LogP contribution in [-0.2, 0) is 14.4 Å². The fourth-order valence-electron chi connectivity index (χ4n) is 5.34. The van der Waals surface area contributed by atoms with Gasteiger partial charge < -0.3 is 5.32 Å². The zero-order valence-electron chi connectivity index (χ0n) is 22.1. The summed E-state index contributed by atoms with van der Waals surface area (Å²) in [5.74, 6) is -5.48. The van der Waals surface area contributed by atoms with Gasteiger partial charge in [0.1, 0.15) is 23.7 Å². The van der Waals surface area contributed by atoms with Gasteiger partial charge in [-0.2, -0.15) is 5.26 Å². The zero-order chi connectivity index (χ0) is 30.0. The van der Waals surface area contributed by atoms with Crippen LogP contribution in [-0.4, -0.2) is 40.7 Å². The lowest BCUT2D eigenvalue weighted by Crippen LogP contribution is -2.58. The molecule has 3 amide bonds. The van der Waals surface area contributed by atoms with Gasteiger partial charge in [0.2, 0.25) is 11.8 Å². The standard InChI is InChI=1S/C30H25ClF3N5O3/c31-23-8-2-1-7-22(23)27(28(41)37-20-15-30(33,34)16-20)38(21-6-3-5-19(32)14-21)29(42)24-9-4-10-26(40)39(24)25-13-18(17-35)11-12-36-25/h1-3,5-8,11-14,20,24,27H,4,9-10,15-16H2,(H,37,41)/t24-,27-/m0/s1. The number of aromatic nitrogens is 1. The summed E-state index contributed by atoms with van der Waals surface area (Å²) < 4.78 is 41.8. The van der Waals surface area contributed by atoms with Crippen LogP contribution >= 0.6 is 11.6 Å². The van der Waals surface area contributed by atoms with Gasteiger partial charge in [-0.15, -0.1) is 0 Å². The molecular weight excluding hydrogens is 571 g/mol. The lowest BCUT2D eigenvalue weighted by molar-refractivity contribution is -0.133. The van der Waals surface area contributed by atoms with E-state index in [1.807, 2.05) is 6.07 Å². The third-order valence-electron chi connectivity index (χ3n) is 7.32. The molecule has 1 aliphatic carbocycles. The maximum Gasteiger partial charge on any atom is 0.252 e. The zero-order valence-corrected chi connectivity index (χ0v) is 22.9. The molecule has 2 atom stereocenters. The first-order chi connectivity index (χ1) is 20.1. The minimum Gasteiger partial charge on any atom is -0.351 e. The van der Waals surface area contributed by atoms with E-state index in [9.17, 15) is 32.8 Å². The highest BCUT2D eigenvalue weighted by Crippen LogP contribution is 2.39. The molecule has 2 aromatic carbocycles. The van der Waals surface area contributed by atoms with Crippen molar-refractivity contribution in [3.05, 3.63) is 88.8 Å². The Morgan fingerprint density at radius 3 is 2.60 bits per heavy atom. The van der Waals surface area contributed by atoms with Crippen molar-refractivity contribution in [1.29, 1.82) is 5.26 Å². The van der Waals surface area contributed by atoms with Crippen molar-refractivity contribution < 1.29 is 27.6 Å². The van der Waals surface area contributed by atoms with Gasteiger partial charge in [-0.05, 0) is 49.2 Å². The number of pyridine rings is 1. The van der Waals surface area contributed by atoms with Gasteiger partial charge in [0.05, 0.1) is 11.6 Å². The van der Waals surface area contributed by atoms with Crippen molar-refractivity contribution in [2.75, 3.05) is 9.80 Å². The average Bonchev–Trinajstić information content (AvgIpc) is 2.95. The highest BCUT2D eigenvalue weighted by Gasteiger charge is 2.48. The predicted molar refractivity (Wildman–Crippen MR) is 148 cm³/mol. The summed E-state index contributed by atoms with van der Waals surface area (Å²) in [6.07, 6.45) is 0.866. The number of piperidine rings is 1. The maximum absolute atomic E-state index is 14.6. The number of nitriles is 1. The largest absolute Gasteiger partial charge is 0.351 e. The van der Waals surface area contributed by atoms with Crippen molar-refractivity contribution in [3.63, 3.8) is 0 Å². The highest BCUT2D eigenvalue weighted by molar-refractivity contribution is 6.31. The molecule has 0 radical (unpaired) electrons. The molecule has 1 aliphatic heterocycles. The van der Waals surface area contributed by atoms with E-state index in [1.54, 1.807) is 12.1 Å². The lowest BCUT2D eigenvalue weighted by atomic mass is 9.87. The Morgan fingerprint density at radius 1 is 1.14 bits per heavy atom. The summed E-state index contributed by atoms with van der Waals surface area (Å²) in [5.41, 5.74) is 0.395. The number of rotatable bonds is 7. The first-order valence-electron chi connectivity index (χ1n) is 13.3. The number of benzene rings is 2. The third kappa shape index (κ3) is 5.94. The van der Waals surface area contributed by atoms with Crippen LogP contribution in [0.4, 0.5) is 24.7 Å². The summed E-state index contributed by atoms with van der Waals surface area (Å²) in [5, 5.41) is 12.1. The Hall–Kier alpha value is -4.43. The topological polar surface area (TPSA) is 106 Å². The van der Waals surface area contributed by atoms with Crippen LogP contribution in [0, 0.1) is 17.1 Å². The molecule has 2 aliphatic rings. The molecule has 5 rings (SSSR count). The molecule has 0 bridgehead atoms. The number of alkyl halides is 2. The summed E-state index contributed by atoms with van der Waals surface area (Å²) in [4.78, 5) is 48.1. The van der Waals surface area contributed by atoms with Gasteiger partial charge in [0.25, 0.3) is 11.8 Å². The van der Waals surface area contributed by atoms with Crippen LogP contribution in [0.25, 0.3) is 0 Å². The monoisotopic (exact) mass is 595 g/mol. The van der Waals surface area contributed by atoms with E-state index in [1.165, 1.54) is 53.6 Å². The first kappa shape index (κ1) is 29.1. The molecular formula is C30H25ClF3N5O3. The third-order valence-corrected chi connectivity index (χ3v) is 7.67. The number of nitrogens with one attached hydrogen (secondary N) is 1. The summed E-state index contributed by atoms with van der Waals surface area (Å²) in [6.45, 7) is 0. The van der Waals surface area contributed by atoms with E-state index in [4.69, 9.17) is 11.6 Å². The number of carbonyl (C=O) groups is 3. The molecule has 1 saturated carbocycles. The summed E-state index contributed by atoms with van der Waals surface area (Å²) in [6, 6.07) is 12.6. The van der Waals surface area contributed by atoms with Crippen LogP contribution in [0.5, 0.6) is 0 Å². The average molecular weight is 596 g/mol. The Bertz CT molecular complexity index is 1570. The van der Waals surface area contributed by atoms with E-state index in [-0.39, 0.29) is 40.5 Å². The number of carbonyl (C=O) groups excluding carboxylic acids is 3. The molecule has 216 valence electrons. The predicted octanol–water partition coefficient (Wildman–Crippen LogP) is 5.32. The van der Waals surface area contributed by atoms with Crippen molar-refractivity contribution in [2.24, 2.45) is 0 Å². The van der Waals surface area contributed by atoms with Crippen LogP contribution in [0.15, 0.2) is 66.9 Å². The number of anilines is 2. The van der Waals surface area contributed by atoms with Crippen molar-refractivity contribution in [2.45, 2.75) is 56.2 Å². The normalized spacial score (nSPS) is 18.9.